The lowest BCUT2D eigenvalue weighted by atomic mass is 10.2. The van der Waals surface area contributed by atoms with Crippen LogP contribution < -0.4 is 20.1 Å². The molecule has 0 aliphatic carbocycles. The van der Waals surface area contributed by atoms with Crippen LogP contribution in [0.15, 0.2) is 18.2 Å². The van der Waals surface area contributed by atoms with E-state index in [2.05, 4.69) is 10.6 Å². The maximum Gasteiger partial charge on any atom is 0.224 e. The summed E-state index contributed by atoms with van der Waals surface area (Å²) in [6, 6.07) is 5.49. The third-order valence-electron chi connectivity index (χ3n) is 2.86. The fraction of sp³-hybridized carbons (Fsp3) is 0.500. The van der Waals surface area contributed by atoms with E-state index in [1.807, 2.05) is 25.2 Å². The number of amides is 1. The molecule has 104 valence electrons. The Morgan fingerprint density at radius 3 is 2.84 bits per heavy atom. The minimum absolute atomic E-state index is 0.0183. The molecule has 5 nitrogen and oxygen atoms in total. The second-order valence-electron chi connectivity index (χ2n) is 4.47. The molecule has 0 spiro atoms. The van der Waals surface area contributed by atoms with Crippen LogP contribution in [0.4, 0.5) is 5.69 Å². The van der Waals surface area contributed by atoms with E-state index in [1.54, 1.807) is 0 Å². The minimum atomic E-state index is 0.0183. The maximum atomic E-state index is 11.7. The first kappa shape index (κ1) is 13.7. The molecule has 1 aromatic rings. The second kappa shape index (κ2) is 6.99. The fourth-order valence-electron chi connectivity index (χ4n) is 1.89. The number of anilines is 1. The zero-order valence-corrected chi connectivity index (χ0v) is 11.2. The SMILES string of the molecule is CNCCCC(=O)Nc1ccc2c(c1)OCCCO2. The van der Waals surface area contributed by atoms with E-state index in [0.29, 0.717) is 25.4 Å². The average Bonchev–Trinajstić information content (AvgIpc) is 2.63. The highest BCUT2D eigenvalue weighted by Crippen LogP contribution is 2.32. The Bertz CT molecular complexity index is 435. The van der Waals surface area contributed by atoms with Crippen molar-refractivity contribution < 1.29 is 14.3 Å². The van der Waals surface area contributed by atoms with Crippen LogP contribution in [-0.4, -0.2) is 32.7 Å². The van der Waals surface area contributed by atoms with Crippen LogP contribution in [0.25, 0.3) is 0 Å². The van der Waals surface area contributed by atoms with E-state index in [4.69, 9.17) is 9.47 Å². The first-order valence-electron chi connectivity index (χ1n) is 6.63. The average molecular weight is 264 g/mol. The number of nitrogens with one attached hydrogen (secondary N) is 2. The molecular weight excluding hydrogens is 244 g/mol. The van der Waals surface area contributed by atoms with Gasteiger partial charge < -0.3 is 20.1 Å². The first-order chi connectivity index (χ1) is 9.29. The second-order valence-corrected chi connectivity index (χ2v) is 4.47. The number of fused-ring (bicyclic) bond motifs is 1. The maximum absolute atomic E-state index is 11.7. The van der Waals surface area contributed by atoms with Crippen LogP contribution in [-0.2, 0) is 4.79 Å². The van der Waals surface area contributed by atoms with Crippen molar-refractivity contribution in [2.24, 2.45) is 0 Å². The summed E-state index contributed by atoms with van der Waals surface area (Å²) in [6.07, 6.45) is 2.21. The van der Waals surface area contributed by atoms with E-state index in [-0.39, 0.29) is 5.91 Å². The highest BCUT2D eigenvalue weighted by atomic mass is 16.5. The smallest absolute Gasteiger partial charge is 0.224 e. The number of carbonyl (C=O) groups excluding carboxylic acids is 1. The molecule has 0 bridgehead atoms. The molecule has 0 fully saturated rings. The monoisotopic (exact) mass is 264 g/mol. The summed E-state index contributed by atoms with van der Waals surface area (Å²) in [5, 5.41) is 5.89. The molecule has 1 aromatic carbocycles. The Labute approximate surface area is 113 Å². The van der Waals surface area contributed by atoms with Gasteiger partial charge >= 0.3 is 0 Å². The van der Waals surface area contributed by atoms with Gasteiger partial charge in [-0.2, -0.15) is 0 Å². The zero-order chi connectivity index (χ0) is 13.5. The van der Waals surface area contributed by atoms with Gasteiger partial charge in [0.25, 0.3) is 0 Å². The lowest BCUT2D eigenvalue weighted by molar-refractivity contribution is -0.116. The van der Waals surface area contributed by atoms with Crippen molar-refractivity contribution in [2.45, 2.75) is 19.3 Å². The van der Waals surface area contributed by atoms with E-state index >= 15 is 0 Å². The number of rotatable bonds is 5. The molecule has 2 N–H and O–H groups in total. The van der Waals surface area contributed by atoms with Crippen molar-refractivity contribution in [2.75, 3.05) is 32.1 Å². The summed E-state index contributed by atoms with van der Waals surface area (Å²) in [5.41, 5.74) is 0.749. The van der Waals surface area contributed by atoms with Crippen molar-refractivity contribution in [1.82, 2.24) is 5.32 Å². The molecule has 0 saturated carbocycles. The summed E-state index contributed by atoms with van der Waals surface area (Å²) in [4.78, 5) is 11.7. The van der Waals surface area contributed by atoms with Crippen molar-refractivity contribution >= 4 is 11.6 Å². The van der Waals surface area contributed by atoms with Crippen LogP contribution in [0.5, 0.6) is 11.5 Å². The summed E-state index contributed by atoms with van der Waals surface area (Å²) in [6.45, 7) is 2.16. The Kier molecular flexibility index (Phi) is 5.03. The van der Waals surface area contributed by atoms with Gasteiger partial charge in [0.2, 0.25) is 5.91 Å². The molecule has 0 aromatic heterocycles. The van der Waals surface area contributed by atoms with Crippen LogP contribution in [0.1, 0.15) is 19.3 Å². The molecule has 0 atom stereocenters. The van der Waals surface area contributed by atoms with E-state index in [9.17, 15) is 4.79 Å². The Balaban J connectivity index is 1.94. The molecule has 1 aliphatic heterocycles. The lowest BCUT2D eigenvalue weighted by Crippen LogP contribution is -2.15. The topological polar surface area (TPSA) is 59.6 Å². The largest absolute Gasteiger partial charge is 0.490 e. The molecule has 1 aliphatic rings. The molecule has 2 rings (SSSR count). The lowest BCUT2D eigenvalue weighted by Gasteiger charge is -2.10. The van der Waals surface area contributed by atoms with Gasteiger partial charge in [-0.25, -0.2) is 0 Å². The van der Waals surface area contributed by atoms with Crippen molar-refractivity contribution in [1.29, 1.82) is 0 Å². The van der Waals surface area contributed by atoms with Crippen LogP contribution >= 0.6 is 0 Å². The number of ether oxygens (including phenoxy) is 2. The van der Waals surface area contributed by atoms with Gasteiger partial charge in [-0.05, 0) is 32.1 Å². The Hall–Kier alpha value is -1.75. The van der Waals surface area contributed by atoms with E-state index in [0.717, 1.165) is 30.8 Å². The predicted molar refractivity (Wildman–Crippen MR) is 73.8 cm³/mol. The molecule has 0 unspecified atom stereocenters. The summed E-state index contributed by atoms with van der Waals surface area (Å²) in [7, 11) is 1.88. The highest BCUT2D eigenvalue weighted by molar-refractivity contribution is 5.91. The zero-order valence-electron chi connectivity index (χ0n) is 11.2. The number of hydrogen-bond acceptors (Lipinski definition) is 4. The van der Waals surface area contributed by atoms with E-state index < -0.39 is 0 Å². The summed E-state index contributed by atoms with van der Waals surface area (Å²) >= 11 is 0. The molecule has 0 saturated heterocycles. The van der Waals surface area contributed by atoms with Crippen LogP contribution in [0.2, 0.25) is 0 Å². The Morgan fingerprint density at radius 2 is 2.05 bits per heavy atom. The van der Waals surface area contributed by atoms with Crippen LogP contribution in [0.3, 0.4) is 0 Å². The standard InChI is InChI=1S/C14H20N2O3/c1-15-7-2-4-14(17)16-11-5-6-12-13(10-11)19-9-3-8-18-12/h5-6,10,15H,2-4,7-9H2,1H3,(H,16,17). The molecule has 5 heteroatoms. The Morgan fingerprint density at radius 1 is 1.26 bits per heavy atom. The molecule has 0 radical (unpaired) electrons. The summed E-state index contributed by atoms with van der Waals surface area (Å²) in [5.74, 6) is 1.46. The summed E-state index contributed by atoms with van der Waals surface area (Å²) < 4.78 is 11.1. The van der Waals surface area contributed by atoms with Gasteiger partial charge in [0, 0.05) is 24.6 Å². The number of hydrogen-bond donors (Lipinski definition) is 2. The molecule has 1 heterocycles. The predicted octanol–water partition coefficient (Wildman–Crippen LogP) is 1.79. The molecule has 1 amide bonds. The van der Waals surface area contributed by atoms with Crippen LogP contribution in [0, 0.1) is 0 Å². The van der Waals surface area contributed by atoms with Crippen molar-refractivity contribution in [3.8, 4) is 11.5 Å². The third-order valence-corrected chi connectivity index (χ3v) is 2.86. The van der Waals surface area contributed by atoms with Gasteiger partial charge in [-0.1, -0.05) is 0 Å². The highest BCUT2D eigenvalue weighted by Gasteiger charge is 2.11. The van der Waals surface area contributed by atoms with Gasteiger partial charge in [0.05, 0.1) is 13.2 Å². The number of carbonyl (C=O) groups is 1. The van der Waals surface area contributed by atoms with Crippen molar-refractivity contribution in [3.63, 3.8) is 0 Å². The fourth-order valence-corrected chi connectivity index (χ4v) is 1.89. The number of benzene rings is 1. The van der Waals surface area contributed by atoms with Crippen molar-refractivity contribution in [3.05, 3.63) is 18.2 Å². The van der Waals surface area contributed by atoms with Gasteiger partial charge in [-0.3, -0.25) is 4.79 Å². The van der Waals surface area contributed by atoms with Gasteiger partial charge in [0.1, 0.15) is 0 Å². The normalized spacial score (nSPS) is 13.7. The molecule has 19 heavy (non-hydrogen) atoms. The van der Waals surface area contributed by atoms with E-state index in [1.165, 1.54) is 0 Å². The van der Waals surface area contributed by atoms with Gasteiger partial charge in [-0.15, -0.1) is 0 Å². The first-order valence-corrected chi connectivity index (χ1v) is 6.63. The third kappa shape index (κ3) is 4.13. The minimum Gasteiger partial charge on any atom is -0.490 e. The molecular formula is C14H20N2O3. The quantitative estimate of drug-likeness (QED) is 0.796. The van der Waals surface area contributed by atoms with Gasteiger partial charge in [0.15, 0.2) is 11.5 Å².